The topological polar surface area (TPSA) is 39.2 Å². The number of halogens is 6. The van der Waals surface area contributed by atoms with E-state index in [1.165, 1.54) is 6.92 Å². The van der Waals surface area contributed by atoms with Gasteiger partial charge in [0, 0.05) is 0 Å². The van der Waals surface area contributed by atoms with Crippen LogP contribution in [0.4, 0.5) is 22.0 Å². The molecule has 0 bridgehead atoms. The van der Waals surface area contributed by atoms with Crippen molar-refractivity contribution in [2.45, 2.75) is 25.9 Å². The van der Waals surface area contributed by atoms with Crippen LogP contribution >= 0.6 is 11.6 Å². The molecule has 0 N–H and O–H groups in total. The van der Waals surface area contributed by atoms with Crippen LogP contribution in [0.3, 0.4) is 0 Å². The SMILES string of the molecule is CCOC(=O)Cc1nc(C(F)(F)F)cc(Cl)c1C(F)F. The number of pyridine rings is 1. The van der Waals surface area contributed by atoms with Crippen LogP contribution in [-0.4, -0.2) is 17.6 Å². The van der Waals surface area contributed by atoms with Gasteiger partial charge in [0.2, 0.25) is 0 Å². The summed E-state index contributed by atoms with van der Waals surface area (Å²) in [7, 11) is 0. The lowest BCUT2D eigenvalue weighted by Gasteiger charge is -2.13. The molecule has 1 rings (SSSR count). The molecule has 0 aromatic carbocycles. The Morgan fingerprint density at radius 2 is 2.05 bits per heavy atom. The fraction of sp³-hybridized carbons (Fsp3) is 0.455. The molecule has 0 saturated heterocycles. The Kier molecular flexibility index (Phi) is 5.27. The molecule has 0 saturated carbocycles. The summed E-state index contributed by atoms with van der Waals surface area (Å²) in [5.74, 6) is -0.961. The van der Waals surface area contributed by atoms with Gasteiger partial charge in [-0.15, -0.1) is 0 Å². The summed E-state index contributed by atoms with van der Waals surface area (Å²) in [6.07, 6.45) is -8.81. The molecule has 1 aromatic rings. The monoisotopic (exact) mass is 317 g/mol. The van der Waals surface area contributed by atoms with Gasteiger partial charge in [-0.2, -0.15) is 13.2 Å². The second-order valence-corrected chi connectivity index (χ2v) is 4.04. The smallest absolute Gasteiger partial charge is 0.433 e. The Morgan fingerprint density at radius 1 is 1.45 bits per heavy atom. The van der Waals surface area contributed by atoms with Gasteiger partial charge < -0.3 is 4.74 Å². The Morgan fingerprint density at radius 3 is 2.50 bits per heavy atom. The molecule has 0 aliphatic rings. The highest BCUT2D eigenvalue weighted by Crippen LogP contribution is 2.35. The third kappa shape index (κ3) is 4.03. The Labute approximate surface area is 115 Å². The van der Waals surface area contributed by atoms with Crippen LogP contribution in [0.15, 0.2) is 6.07 Å². The van der Waals surface area contributed by atoms with Gasteiger partial charge in [-0.05, 0) is 13.0 Å². The average Bonchev–Trinajstić information content (AvgIpc) is 2.26. The van der Waals surface area contributed by atoms with Gasteiger partial charge in [0.25, 0.3) is 6.43 Å². The molecular formula is C11H9ClF5NO2. The number of ether oxygens (including phenoxy) is 1. The molecule has 0 unspecified atom stereocenters. The Bertz CT molecular complexity index is 504. The first kappa shape index (κ1) is 16.6. The predicted octanol–water partition coefficient (Wildman–Crippen LogP) is 3.80. The molecule has 0 amide bonds. The second-order valence-electron chi connectivity index (χ2n) is 3.63. The largest absolute Gasteiger partial charge is 0.466 e. The van der Waals surface area contributed by atoms with E-state index < -0.39 is 47.0 Å². The number of alkyl halides is 5. The van der Waals surface area contributed by atoms with Gasteiger partial charge in [-0.25, -0.2) is 13.8 Å². The normalized spacial score (nSPS) is 11.8. The molecule has 3 nitrogen and oxygen atoms in total. The maximum Gasteiger partial charge on any atom is 0.433 e. The van der Waals surface area contributed by atoms with Crippen molar-refractivity contribution in [1.29, 1.82) is 0 Å². The highest BCUT2D eigenvalue weighted by Gasteiger charge is 2.35. The quantitative estimate of drug-likeness (QED) is 0.626. The minimum Gasteiger partial charge on any atom is -0.466 e. The number of carbonyl (C=O) groups is 1. The van der Waals surface area contributed by atoms with Gasteiger partial charge in [-0.3, -0.25) is 4.79 Å². The standard InChI is InChI=1S/C11H9ClF5NO2/c1-2-20-8(19)4-6-9(10(13)14)5(12)3-7(18-6)11(15,16)17/h3,10H,2,4H2,1H3. The summed E-state index contributed by atoms with van der Waals surface area (Å²) >= 11 is 5.42. The summed E-state index contributed by atoms with van der Waals surface area (Å²) in [5, 5.41) is -0.790. The summed E-state index contributed by atoms with van der Waals surface area (Å²) < 4.78 is 67.7. The van der Waals surface area contributed by atoms with E-state index in [0.29, 0.717) is 6.07 Å². The van der Waals surface area contributed by atoms with Gasteiger partial charge in [0.1, 0.15) is 5.69 Å². The van der Waals surface area contributed by atoms with Crippen LogP contribution in [-0.2, 0) is 22.1 Å². The number of rotatable bonds is 4. The Balaban J connectivity index is 3.29. The number of aromatic nitrogens is 1. The van der Waals surface area contributed by atoms with Crippen molar-refractivity contribution >= 4 is 17.6 Å². The van der Waals surface area contributed by atoms with E-state index in [-0.39, 0.29) is 6.61 Å². The van der Waals surface area contributed by atoms with E-state index in [1.807, 2.05) is 0 Å². The number of carbonyl (C=O) groups excluding carboxylic acids is 1. The summed E-state index contributed by atoms with van der Waals surface area (Å²) in [5.41, 5.74) is -3.07. The van der Waals surface area contributed by atoms with Crippen molar-refractivity contribution in [2.24, 2.45) is 0 Å². The van der Waals surface area contributed by atoms with Gasteiger partial charge in [-0.1, -0.05) is 11.6 Å². The third-order valence-corrected chi connectivity index (χ3v) is 2.53. The lowest BCUT2D eigenvalue weighted by atomic mass is 10.1. The average molecular weight is 318 g/mol. The van der Waals surface area contributed by atoms with E-state index in [1.54, 1.807) is 0 Å². The predicted molar refractivity (Wildman–Crippen MR) is 59.5 cm³/mol. The molecule has 0 fully saturated rings. The van der Waals surface area contributed by atoms with Gasteiger partial charge in [0.15, 0.2) is 0 Å². The summed E-state index contributed by atoms with van der Waals surface area (Å²) in [6, 6.07) is 0.303. The number of nitrogens with zero attached hydrogens (tertiary/aromatic N) is 1. The Hall–Kier alpha value is -1.44. The molecule has 1 heterocycles. The first-order valence-electron chi connectivity index (χ1n) is 5.37. The fourth-order valence-electron chi connectivity index (χ4n) is 1.43. The number of hydrogen-bond acceptors (Lipinski definition) is 3. The van der Waals surface area contributed by atoms with Crippen LogP contribution < -0.4 is 0 Å². The maximum absolute atomic E-state index is 12.8. The van der Waals surface area contributed by atoms with E-state index in [0.717, 1.165) is 0 Å². The highest BCUT2D eigenvalue weighted by molar-refractivity contribution is 6.31. The minimum absolute atomic E-state index is 0.0322. The minimum atomic E-state index is -4.85. The second kappa shape index (κ2) is 6.34. The molecule has 9 heteroatoms. The van der Waals surface area contributed by atoms with Gasteiger partial charge >= 0.3 is 12.1 Å². The third-order valence-electron chi connectivity index (χ3n) is 2.21. The van der Waals surface area contributed by atoms with E-state index >= 15 is 0 Å². The number of esters is 1. The molecule has 0 aliphatic carbocycles. The van der Waals surface area contributed by atoms with Crippen LogP contribution in [0.2, 0.25) is 5.02 Å². The van der Waals surface area contributed by atoms with Crippen molar-refractivity contribution in [1.82, 2.24) is 4.98 Å². The van der Waals surface area contributed by atoms with Crippen LogP contribution in [0, 0.1) is 0 Å². The van der Waals surface area contributed by atoms with Crippen molar-refractivity contribution in [3.8, 4) is 0 Å². The lowest BCUT2D eigenvalue weighted by molar-refractivity contribution is -0.144. The zero-order valence-corrected chi connectivity index (χ0v) is 10.9. The first-order valence-corrected chi connectivity index (χ1v) is 5.74. The summed E-state index contributed by atoms with van der Waals surface area (Å²) in [6.45, 7) is 1.44. The van der Waals surface area contributed by atoms with Crippen LogP contribution in [0.25, 0.3) is 0 Å². The molecule has 0 atom stereocenters. The molecule has 0 aliphatic heterocycles. The van der Waals surface area contributed by atoms with E-state index in [9.17, 15) is 26.7 Å². The lowest BCUT2D eigenvalue weighted by Crippen LogP contribution is -2.16. The molecule has 1 aromatic heterocycles. The molecule has 112 valence electrons. The number of hydrogen-bond donors (Lipinski definition) is 0. The fourth-order valence-corrected chi connectivity index (χ4v) is 1.73. The van der Waals surface area contributed by atoms with Crippen molar-refractivity contribution < 1.29 is 31.5 Å². The molecule has 20 heavy (non-hydrogen) atoms. The molecular weight excluding hydrogens is 309 g/mol. The van der Waals surface area contributed by atoms with Gasteiger partial charge in [0.05, 0.1) is 29.3 Å². The molecule has 0 radical (unpaired) electrons. The zero-order valence-electron chi connectivity index (χ0n) is 10.1. The van der Waals surface area contributed by atoms with E-state index in [2.05, 4.69) is 9.72 Å². The van der Waals surface area contributed by atoms with Crippen molar-refractivity contribution in [3.05, 3.63) is 28.0 Å². The zero-order chi connectivity index (χ0) is 15.5. The first-order chi connectivity index (χ1) is 9.16. The maximum atomic E-state index is 12.8. The summed E-state index contributed by atoms with van der Waals surface area (Å²) in [4.78, 5) is 14.3. The molecule has 0 spiro atoms. The highest BCUT2D eigenvalue weighted by atomic mass is 35.5. The van der Waals surface area contributed by atoms with E-state index in [4.69, 9.17) is 11.6 Å². The van der Waals surface area contributed by atoms with Crippen molar-refractivity contribution in [3.63, 3.8) is 0 Å². The van der Waals surface area contributed by atoms with Crippen molar-refractivity contribution in [2.75, 3.05) is 6.61 Å². The van der Waals surface area contributed by atoms with Crippen LogP contribution in [0.1, 0.15) is 30.3 Å². The van der Waals surface area contributed by atoms with Crippen LogP contribution in [0.5, 0.6) is 0 Å².